The van der Waals surface area contributed by atoms with Crippen LogP contribution in [-0.4, -0.2) is 69.2 Å². The number of fused-ring (bicyclic) bond motifs is 3. The molecule has 0 saturated heterocycles. The number of hydrogen-bond donors (Lipinski definition) is 1. The molecule has 0 spiro atoms. The number of nitrogens with one attached hydrogen (secondary N) is 1. The molecule has 4 rings (SSSR count). The molecule has 2 atom stereocenters. The second-order valence-electron chi connectivity index (χ2n) is 14.0. The molecular weight excluding hydrogens is 652 g/mol. The molecule has 2 aromatic rings. The number of nitrogens with zero attached hydrogens (tertiary/aromatic N) is 3. The van der Waals surface area contributed by atoms with E-state index in [1.807, 2.05) is 0 Å². The number of aryl methyl sites for hydroxylation is 1. The number of hydrogen-bond acceptors (Lipinski definition) is 10. The lowest BCUT2D eigenvalue weighted by Gasteiger charge is -2.46. The normalized spacial score (nSPS) is 21.9. The molecule has 46 heavy (non-hydrogen) atoms. The minimum Gasteiger partial charge on any atom is -0.443 e. The second-order valence-corrected chi connectivity index (χ2v) is 18.3. The highest BCUT2D eigenvalue weighted by molar-refractivity contribution is 7.99. The Labute approximate surface area is 279 Å². The van der Waals surface area contributed by atoms with Gasteiger partial charge in [-0.25, -0.2) is 23.0 Å². The van der Waals surface area contributed by atoms with Crippen LogP contribution in [0.3, 0.4) is 0 Å². The Hall–Kier alpha value is -3.16. The van der Waals surface area contributed by atoms with Gasteiger partial charge in [-0.2, -0.15) is 4.90 Å². The molecule has 2 aliphatic rings. The fraction of sp³-hybridized carbons (Fsp3) is 0.531. The summed E-state index contributed by atoms with van der Waals surface area (Å²) >= 11 is 7.49. The van der Waals surface area contributed by atoms with Crippen LogP contribution in [0, 0.1) is 6.92 Å². The van der Waals surface area contributed by atoms with E-state index in [0.717, 1.165) is 4.90 Å². The zero-order valence-corrected chi connectivity index (χ0v) is 30.2. The van der Waals surface area contributed by atoms with Gasteiger partial charge >= 0.3 is 12.2 Å². The number of aromatic nitrogens is 1. The third-order valence-corrected chi connectivity index (χ3v) is 12.0. The summed E-state index contributed by atoms with van der Waals surface area (Å²) in [5.41, 5.74) is -1.83. The van der Waals surface area contributed by atoms with Gasteiger partial charge in [-0.3, -0.25) is 9.79 Å². The molecule has 250 valence electrons. The molecule has 11 nitrogen and oxygen atoms in total. The number of benzene rings is 1. The predicted octanol–water partition coefficient (Wildman–Crippen LogP) is 7.15. The molecule has 0 fully saturated rings. The van der Waals surface area contributed by atoms with E-state index >= 15 is 0 Å². The highest BCUT2D eigenvalue weighted by Crippen LogP contribution is 2.50. The first-order valence-electron chi connectivity index (χ1n) is 14.8. The van der Waals surface area contributed by atoms with Crippen LogP contribution >= 0.6 is 23.4 Å². The first-order valence-corrected chi connectivity index (χ1v) is 17.7. The molecule has 14 heteroatoms. The van der Waals surface area contributed by atoms with Gasteiger partial charge in [0, 0.05) is 16.8 Å². The molecule has 3 heterocycles. The lowest BCUT2D eigenvalue weighted by atomic mass is 9.86. The van der Waals surface area contributed by atoms with Crippen molar-refractivity contribution in [2.24, 2.45) is 4.99 Å². The number of anilines is 1. The lowest BCUT2D eigenvalue weighted by Crippen LogP contribution is -2.64. The average molecular weight is 693 g/mol. The van der Waals surface area contributed by atoms with Crippen LogP contribution in [0.15, 0.2) is 40.4 Å². The monoisotopic (exact) mass is 692 g/mol. The smallest absolute Gasteiger partial charge is 0.425 e. The summed E-state index contributed by atoms with van der Waals surface area (Å²) in [6, 6.07) is 6.84. The number of amides is 3. The van der Waals surface area contributed by atoms with Crippen molar-refractivity contribution in [2.75, 3.05) is 11.1 Å². The van der Waals surface area contributed by atoms with Crippen LogP contribution in [-0.2, 0) is 24.8 Å². The van der Waals surface area contributed by atoms with Gasteiger partial charge in [-0.15, -0.1) is 11.8 Å². The summed E-state index contributed by atoms with van der Waals surface area (Å²) in [6.45, 7) is 16.1. The van der Waals surface area contributed by atoms with E-state index in [1.54, 1.807) is 79.7 Å². The van der Waals surface area contributed by atoms with Crippen molar-refractivity contribution in [2.45, 2.75) is 107 Å². The number of aliphatic imine (C=N–C) groups is 1. The molecule has 0 aliphatic carbocycles. The van der Waals surface area contributed by atoms with E-state index in [-0.39, 0.29) is 18.0 Å². The number of pyridine rings is 1. The van der Waals surface area contributed by atoms with E-state index in [1.165, 1.54) is 31.8 Å². The molecule has 1 N–H and O–H groups in total. The van der Waals surface area contributed by atoms with E-state index in [2.05, 4.69) is 10.3 Å². The Morgan fingerprint density at radius 2 is 1.61 bits per heavy atom. The van der Waals surface area contributed by atoms with Crippen LogP contribution < -0.4 is 5.32 Å². The third-order valence-electron chi connectivity index (χ3n) is 7.63. The third kappa shape index (κ3) is 6.91. The fourth-order valence-electron chi connectivity index (χ4n) is 5.44. The summed E-state index contributed by atoms with van der Waals surface area (Å²) in [6.07, 6.45) is -0.580. The number of thioether (sulfide) groups is 1. The van der Waals surface area contributed by atoms with E-state index in [4.69, 9.17) is 26.1 Å². The number of ether oxygens (including phenoxy) is 2. The van der Waals surface area contributed by atoms with Gasteiger partial charge in [0.1, 0.15) is 33.0 Å². The summed E-state index contributed by atoms with van der Waals surface area (Å²) in [7, 11) is -4.13. The number of rotatable bonds is 2. The van der Waals surface area contributed by atoms with Gasteiger partial charge in [-0.05, 0) is 117 Å². The van der Waals surface area contributed by atoms with Gasteiger partial charge in [0.2, 0.25) is 0 Å². The van der Waals surface area contributed by atoms with Crippen molar-refractivity contribution < 1.29 is 32.3 Å². The summed E-state index contributed by atoms with van der Waals surface area (Å²) in [4.78, 5) is 51.1. The number of carbonyl (C=O) groups excluding carboxylic acids is 3. The summed E-state index contributed by atoms with van der Waals surface area (Å²) in [5, 5.41) is 2.23. The topological polar surface area (TPSA) is 144 Å². The van der Waals surface area contributed by atoms with Gasteiger partial charge in [0.05, 0.1) is 10.3 Å². The van der Waals surface area contributed by atoms with Crippen molar-refractivity contribution in [3.8, 4) is 0 Å². The zero-order chi connectivity index (χ0) is 34.6. The Kier molecular flexibility index (Phi) is 9.41. The van der Waals surface area contributed by atoms with Crippen LogP contribution in [0.4, 0.5) is 15.3 Å². The van der Waals surface area contributed by atoms with E-state index < -0.39 is 54.7 Å². The summed E-state index contributed by atoms with van der Waals surface area (Å²) < 4.78 is 38.5. The molecule has 0 saturated carbocycles. The van der Waals surface area contributed by atoms with Gasteiger partial charge in [0.25, 0.3) is 5.91 Å². The minimum absolute atomic E-state index is 0.186. The van der Waals surface area contributed by atoms with Gasteiger partial charge in [-0.1, -0.05) is 11.6 Å². The predicted molar refractivity (Wildman–Crippen MR) is 180 cm³/mol. The highest BCUT2D eigenvalue weighted by Gasteiger charge is 2.60. The first-order chi connectivity index (χ1) is 21.0. The molecule has 1 aromatic carbocycles. The Morgan fingerprint density at radius 1 is 1.02 bits per heavy atom. The molecule has 0 unspecified atom stereocenters. The van der Waals surface area contributed by atoms with Gasteiger partial charge < -0.3 is 14.8 Å². The Bertz CT molecular complexity index is 1700. The standard InChI is InChI=1S/C32H41ClN4O7S2/c1-18-15-19(33)17-34-24(18)25(38)35-20-11-12-22-21(16-20)32(10)23(13-14-45-22)46(41,42)31(8,9)26(36-32)37(27(39)43-29(2,3)4)28(40)44-30(5,6)7/h11-12,15-17,23H,13-14H2,1-10H3,(H,35,38)/t23-,32-/m1/s1. The van der Waals surface area contributed by atoms with Crippen molar-refractivity contribution in [1.82, 2.24) is 9.88 Å². The van der Waals surface area contributed by atoms with Crippen molar-refractivity contribution >= 4 is 62.8 Å². The number of sulfone groups is 1. The van der Waals surface area contributed by atoms with E-state index in [9.17, 15) is 22.8 Å². The minimum atomic E-state index is -4.13. The average Bonchev–Trinajstić information content (AvgIpc) is 3.02. The number of halogens is 1. The maximum atomic E-state index is 14.6. The Balaban J connectivity index is 1.92. The van der Waals surface area contributed by atoms with Crippen LogP contribution in [0.2, 0.25) is 5.02 Å². The molecule has 2 aliphatic heterocycles. The van der Waals surface area contributed by atoms with E-state index in [0.29, 0.717) is 32.5 Å². The molecule has 0 radical (unpaired) electrons. The first kappa shape index (κ1) is 35.7. The quantitative estimate of drug-likeness (QED) is 0.347. The fourth-order valence-corrected chi connectivity index (χ4v) is 9.27. The van der Waals surface area contributed by atoms with Crippen molar-refractivity contribution in [3.63, 3.8) is 0 Å². The second kappa shape index (κ2) is 12.1. The lowest BCUT2D eigenvalue weighted by molar-refractivity contribution is 0.0138. The Morgan fingerprint density at radius 3 is 2.15 bits per heavy atom. The number of carbonyl (C=O) groups is 3. The molecule has 0 bridgehead atoms. The van der Waals surface area contributed by atoms with Crippen molar-refractivity contribution in [1.29, 1.82) is 0 Å². The maximum Gasteiger partial charge on any atom is 0.425 e. The molecule has 3 amide bonds. The number of imide groups is 1. The van der Waals surface area contributed by atoms with Crippen LogP contribution in [0.5, 0.6) is 0 Å². The zero-order valence-electron chi connectivity index (χ0n) is 27.8. The SMILES string of the molecule is Cc1cc(Cl)cnc1C(=O)Nc1ccc2c(c1)[C@@]1(C)N=C(N(C(=O)OC(C)(C)C)C(=O)OC(C)(C)C)C(C)(C)S(=O)(=O)[C@@H]1CCS2. The maximum absolute atomic E-state index is 14.6. The van der Waals surface area contributed by atoms with Crippen LogP contribution in [0.25, 0.3) is 0 Å². The number of amidine groups is 1. The highest BCUT2D eigenvalue weighted by atomic mass is 35.5. The summed E-state index contributed by atoms with van der Waals surface area (Å²) in [5.74, 6) is -0.308. The molecular formula is C32H41ClN4O7S2. The largest absolute Gasteiger partial charge is 0.443 e. The van der Waals surface area contributed by atoms with Crippen LogP contribution in [0.1, 0.15) is 90.3 Å². The van der Waals surface area contributed by atoms with Crippen molar-refractivity contribution in [3.05, 3.63) is 52.3 Å². The molecule has 1 aromatic heterocycles. The van der Waals surface area contributed by atoms with Gasteiger partial charge in [0.15, 0.2) is 9.84 Å².